The topological polar surface area (TPSA) is 67.4 Å². The van der Waals surface area contributed by atoms with Crippen LogP contribution in [0.25, 0.3) is 0 Å². The zero-order valence-electron chi connectivity index (χ0n) is 8.95. The molecule has 2 aliphatic heterocycles. The van der Waals surface area contributed by atoms with Crippen molar-refractivity contribution in [2.45, 2.75) is 30.9 Å². The highest BCUT2D eigenvalue weighted by Crippen LogP contribution is 2.33. The summed E-state index contributed by atoms with van der Waals surface area (Å²) in [6, 6.07) is -0.0434. The lowest BCUT2D eigenvalue weighted by atomic mass is 9.88. The summed E-state index contributed by atoms with van der Waals surface area (Å²) in [4.78, 5) is 0. The van der Waals surface area contributed by atoms with E-state index in [1.807, 2.05) is 0 Å². The number of hydrogen-bond donors (Lipinski definition) is 2. The van der Waals surface area contributed by atoms with Gasteiger partial charge in [0.05, 0.1) is 18.5 Å². The van der Waals surface area contributed by atoms with Gasteiger partial charge >= 0.3 is 0 Å². The van der Waals surface area contributed by atoms with Crippen molar-refractivity contribution < 1.29 is 13.2 Å². The second-order valence-electron chi connectivity index (χ2n) is 4.54. The molecule has 0 aromatic rings. The Balaban J connectivity index is 1.93. The fourth-order valence-corrected chi connectivity index (χ4v) is 3.21. The fraction of sp³-hybridized carbons (Fsp3) is 1.00. The van der Waals surface area contributed by atoms with Crippen LogP contribution in [0.5, 0.6) is 0 Å². The first-order chi connectivity index (χ1) is 6.99. The van der Waals surface area contributed by atoms with E-state index in [1.54, 1.807) is 0 Å². The van der Waals surface area contributed by atoms with E-state index in [-0.39, 0.29) is 11.6 Å². The Morgan fingerprint density at radius 2 is 2.07 bits per heavy atom. The molecule has 2 aliphatic rings. The van der Waals surface area contributed by atoms with Gasteiger partial charge in [0, 0.05) is 6.04 Å². The van der Waals surface area contributed by atoms with E-state index in [1.165, 1.54) is 6.26 Å². The summed E-state index contributed by atoms with van der Waals surface area (Å²) < 4.78 is 30.5. The molecular formula is C9H18N2O3S. The van der Waals surface area contributed by atoms with Gasteiger partial charge in [-0.1, -0.05) is 0 Å². The van der Waals surface area contributed by atoms with Crippen molar-refractivity contribution in [2.24, 2.45) is 0 Å². The summed E-state index contributed by atoms with van der Waals surface area (Å²) >= 11 is 0. The van der Waals surface area contributed by atoms with Gasteiger partial charge in [0.2, 0.25) is 10.0 Å². The monoisotopic (exact) mass is 234 g/mol. The Bertz CT molecular complexity index is 322. The van der Waals surface area contributed by atoms with Gasteiger partial charge in [-0.15, -0.1) is 0 Å². The van der Waals surface area contributed by atoms with E-state index in [2.05, 4.69) is 10.0 Å². The largest absolute Gasteiger partial charge is 0.373 e. The quantitative estimate of drug-likeness (QED) is 0.672. The Morgan fingerprint density at radius 3 is 2.67 bits per heavy atom. The van der Waals surface area contributed by atoms with Crippen molar-refractivity contribution in [1.82, 2.24) is 10.0 Å². The van der Waals surface area contributed by atoms with Gasteiger partial charge in [-0.3, -0.25) is 0 Å². The van der Waals surface area contributed by atoms with Crippen LogP contribution < -0.4 is 10.0 Å². The van der Waals surface area contributed by atoms with Gasteiger partial charge in [-0.2, -0.15) is 0 Å². The summed E-state index contributed by atoms with van der Waals surface area (Å²) in [5, 5.41) is 3.28. The van der Waals surface area contributed by atoms with Gasteiger partial charge in [0.25, 0.3) is 0 Å². The molecule has 0 aromatic carbocycles. The molecule has 0 saturated carbocycles. The first-order valence-corrected chi connectivity index (χ1v) is 7.20. The predicted molar refractivity (Wildman–Crippen MR) is 57.2 cm³/mol. The Kier molecular flexibility index (Phi) is 3.03. The number of sulfonamides is 1. The number of nitrogens with one attached hydrogen (secondary N) is 2. The van der Waals surface area contributed by atoms with Gasteiger partial charge in [0.1, 0.15) is 0 Å². The van der Waals surface area contributed by atoms with Crippen LogP contribution in [0.1, 0.15) is 19.3 Å². The first-order valence-electron chi connectivity index (χ1n) is 5.31. The highest BCUT2D eigenvalue weighted by Gasteiger charge is 2.41. The summed E-state index contributed by atoms with van der Waals surface area (Å²) in [7, 11) is -3.11. The standard InChI is InChI=1S/C9H18N2O3S/c1-15(12,13)11-8-6-9(14-7-8)2-4-10-5-3-9/h8,10-11H,2-7H2,1H3/t8-/m0/s1. The minimum absolute atomic E-state index is 0.0434. The highest BCUT2D eigenvalue weighted by atomic mass is 32.2. The minimum atomic E-state index is -3.11. The van der Waals surface area contributed by atoms with Gasteiger partial charge in [-0.25, -0.2) is 13.1 Å². The molecule has 2 saturated heterocycles. The van der Waals surface area contributed by atoms with Crippen LogP contribution in [0.15, 0.2) is 0 Å². The number of piperidine rings is 1. The van der Waals surface area contributed by atoms with Gasteiger partial charge in [0.15, 0.2) is 0 Å². The SMILES string of the molecule is CS(=O)(=O)N[C@@H]1COC2(CCNCC2)C1. The molecule has 2 N–H and O–H groups in total. The molecule has 2 heterocycles. The van der Waals surface area contributed by atoms with Crippen molar-refractivity contribution in [1.29, 1.82) is 0 Å². The van der Waals surface area contributed by atoms with Crippen LogP contribution in [-0.2, 0) is 14.8 Å². The molecule has 0 aromatic heterocycles. The average Bonchev–Trinajstić information content (AvgIpc) is 2.47. The molecule has 2 fully saturated rings. The van der Waals surface area contributed by atoms with Gasteiger partial charge in [-0.05, 0) is 32.4 Å². The van der Waals surface area contributed by atoms with E-state index in [0.717, 1.165) is 32.4 Å². The summed E-state index contributed by atoms with van der Waals surface area (Å²) in [5.74, 6) is 0. The van der Waals surface area contributed by atoms with E-state index < -0.39 is 10.0 Å². The molecule has 2 rings (SSSR count). The normalized spacial score (nSPS) is 30.9. The van der Waals surface area contributed by atoms with Crippen molar-refractivity contribution in [3.05, 3.63) is 0 Å². The molecule has 0 radical (unpaired) electrons. The third-order valence-electron chi connectivity index (χ3n) is 3.10. The maximum atomic E-state index is 11.1. The van der Waals surface area contributed by atoms with Crippen LogP contribution in [0.4, 0.5) is 0 Å². The summed E-state index contributed by atoms with van der Waals surface area (Å²) in [6.45, 7) is 2.43. The zero-order chi connectivity index (χ0) is 10.9. The lowest BCUT2D eigenvalue weighted by Crippen LogP contribution is -2.42. The van der Waals surface area contributed by atoms with Gasteiger partial charge < -0.3 is 10.1 Å². The molecule has 5 nitrogen and oxygen atoms in total. The molecule has 0 bridgehead atoms. The fourth-order valence-electron chi connectivity index (χ4n) is 2.45. The average molecular weight is 234 g/mol. The number of ether oxygens (including phenoxy) is 1. The van der Waals surface area contributed by atoms with Crippen LogP contribution in [-0.4, -0.2) is 46.0 Å². The van der Waals surface area contributed by atoms with Crippen LogP contribution in [0.2, 0.25) is 0 Å². The molecule has 1 atom stereocenters. The lowest BCUT2D eigenvalue weighted by molar-refractivity contribution is -0.0193. The Morgan fingerprint density at radius 1 is 1.40 bits per heavy atom. The first kappa shape index (κ1) is 11.3. The van der Waals surface area contributed by atoms with Crippen LogP contribution in [0.3, 0.4) is 0 Å². The van der Waals surface area contributed by atoms with E-state index in [9.17, 15) is 8.42 Å². The van der Waals surface area contributed by atoms with E-state index in [0.29, 0.717) is 6.61 Å². The Labute approximate surface area is 90.6 Å². The van der Waals surface area contributed by atoms with Crippen molar-refractivity contribution in [2.75, 3.05) is 26.0 Å². The molecule has 15 heavy (non-hydrogen) atoms. The maximum Gasteiger partial charge on any atom is 0.209 e. The molecular weight excluding hydrogens is 216 g/mol. The summed E-state index contributed by atoms with van der Waals surface area (Å²) in [5.41, 5.74) is -0.0758. The lowest BCUT2D eigenvalue weighted by Gasteiger charge is -2.32. The predicted octanol–water partition coefficient (Wildman–Crippen LogP) is -0.553. The van der Waals surface area contributed by atoms with Crippen molar-refractivity contribution in [3.8, 4) is 0 Å². The van der Waals surface area contributed by atoms with Crippen LogP contribution >= 0.6 is 0 Å². The highest BCUT2D eigenvalue weighted by molar-refractivity contribution is 7.88. The number of rotatable bonds is 2. The van der Waals surface area contributed by atoms with E-state index >= 15 is 0 Å². The molecule has 0 aliphatic carbocycles. The zero-order valence-corrected chi connectivity index (χ0v) is 9.77. The van der Waals surface area contributed by atoms with E-state index in [4.69, 9.17) is 4.74 Å². The number of hydrogen-bond acceptors (Lipinski definition) is 4. The second-order valence-corrected chi connectivity index (χ2v) is 6.32. The van der Waals surface area contributed by atoms with Crippen molar-refractivity contribution >= 4 is 10.0 Å². The summed E-state index contributed by atoms with van der Waals surface area (Å²) in [6.07, 6.45) is 3.96. The molecule has 0 amide bonds. The molecule has 6 heteroatoms. The van der Waals surface area contributed by atoms with Crippen LogP contribution in [0, 0.1) is 0 Å². The third kappa shape index (κ3) is 2.90. The molecule has 0 unspecified atom stereocenters. The third-order valence-corrected chi connectivity index (χ3v) is 3.87. The van der Waals surface area contributed by atoms with Crippen molar-refractivity contribution in [3.63, 3.8) is 0 Å². The minimum Gasteiger partial charge on any atom is -0.373 e. The maximum absolute atomic E-state index is 11.1. The smallest absolute Gasteiger partial charge is 0.209 e. The molecule has 88 valence electrons. The second kappa shape index (κ2) is 4.01. The molecule has 1 spiro atoms. The Hall–Kier alpha value is -0.170.